The van der Waals surface area contributed by atoms with Crippen LogP contribution < -0.4 is 0 Å². The Morgan fingerprint density at radius 1 is 1.18 bits per heavy atom. The molecule has 22 heavy (non-hydrogen) atoms. The standard InChI is InChI=1S/C21H28O/c1-13-9-18-19-14(2)10-15-11-16(22)5-8-21(15,4)17(19)6-7-20(18,3)12-13/h10-11,17-19H,1,5-9,12H2,2-4H3/t17?,18?,19?,20-,21+/m1/s1. The van der Waals surface area contributed by atoms with E-state index >= 15 is 0 Å². The SMILES string of the molecule is C=C1CC2C3C(C)=CC4=CC(=O)CC[C@]4(C)C3CC[C@]2(C)C1. The molecule has 4 rings (SSSR count). The molecule has 118 valence electrons. The minimum absolute atomic E-state index is 0.226. The Labute approximate surface area is 134 Å². The summed E-state index contributed by atoms with van der Waals surface area (Å²) in [6.45, 7) is 11.6. The van der Waals surface area contributed by atoms with Crippen LogP contribution in [-0.4, -0.2) is 5.78 Å². The van der Waals surface area contributed by atoms with Gasteiger partial charge in [-0.15, -0.1) is 0 Å². The molecule has 0 heterocycles. The predicted octanol–water partition coefficient (Wildman–Crippen LogP) is 5.24. The highest BCUT2D eigenvalue weighted by Gasteiger charge is 2.56. The van der Waals surface area contributed by atoms with Gasteiger partial charge in [-0.3, -0.25) is 4.79 Å². The lowest BCUT2D eigenvalue weighted by Crippen LogP contribution is -2.48. The fraction of sp³-hybridized carbons (Fsp3) is 0.667. The molecule has 2 fully saturated rings. The molecule has 0 radical (unpaired) electrons. The van der Waals surface area contributed by atoms with Crippen LogP contribution in [0, 0.1) is 28.6 Å². The van der Waals surface area contributed by atoms with Gasteiger partial charge >= 0.3 is 0 Å². The van der Waals surface area contributed by atoms with Crippen LogP contribution in [0.15, 0.2) is 35.5 Å². The molecule has 0 aromatic rings. The third-order valence-electron chi connectivity index (χ3n) is 7.55. The van der Waals surface area contributed by atoms with Crippen molar-refractivity contribution < 1.29 is 4.79 Å². The van der Waals surface area contributed by atoms with Crippen LogP contribution in [0.1, 0.15) is 59.3 Å². The van der Waals surface area contributed by atoms with Gasteiger partial charge in [0, 0.05) is 6.42 Å². The molecule has 0 aromatic carbocycles. The molecule has 4 aliphatic carbocycles. The Morgan fingerprint density at radius 2 is 1.95 bits per heavy atom. The molecule has 0 aromatic heterocycles. The maximum absolute atomic E-state index is 11.9. The zero-order valence-electron chi connectivity index (χ0n) is 14.2. The first kappa shape index (κ1) is 14.5. The van der Waals surface area contributed by atoms with E-state index in [9.17, 15) is 4.79 Å². The van der Waals surface area contributed by atoms with Crippen molar-refractivity contribution in [2.24, 2.45) is 28.6 Å². The van der Waals surface area contributed by atoms with Crippen LogP contribution >= 0.6 is 0 Å². The Hall–Kier alpha value is -1.11. The second-order valence-electron chi connectivity index (χ2n) is 8.93. The number of allylic oxidation sites excluding steroid dienone is 5. The first-order chi connectivity index (χ1) is 10.3. The first-order valence-electron chi connectivity index (χ1n) is 8.93. The van der Waals surface area contributed by atoms with E-state index in [0.717, 1.165) is 24.7 Å². The van der Waals surface area contributed by atoms with Crippen LogP contribution in [0.3, 0.4) is 0 Å². The molecule has 0 amide bonds. The van der Waals surface area contributed by atoms with Gasteiger partial charge in [0.05, 0.1) is 0 Å². The average molecular weight is 296 g/mol. The monoisotopic (exact) mass is 296 g/mol. The predicted molar refractivity (Wildman–Crippen MR) is 90.4 cm³/mol. The third kappa shape index (κ3) is 1.80. The van der Waals surface area contributed by atoms with Crippen LogP contribution in [-0.2, 0) is 4.79 Å². The zero-order valence-corrected chi connectivity index (χ0v) is 14.2. The van der Waals surface area contributed by atoms with Gasteiger partial charge in [0.2, 0.25) is 0 Å². The van der Waals surface area contributed by atoms with Gasteiger partial charge in [0.15, 0.2) is 5.78 Å². The summed E-state index contributed by atoms with van der Waals surface area (Å²) < 4.78 is 0. The van der Waals surface area contributed by atoms with Gasteiger partial charge < -0.3 is 0 Å². The van der Waals surface area contributed by atoms with Gasteiger partial charge in [0.1, 0.15) is 0 Å². The molecule has 0 aliphatic heterocycles. The number of carbonyl (C=O) groups is 1. The van der Waals surface area contributed by atoms with E-state index in [2.05, 4.69) is 33.4 Å². The molecular weight excluding hydrogens is 268 g/mol. The van der Waals surface area contributed by atoms with E-state index in [1.165, 1.54) is 42.4 Å². The average Bonchev–Trinajstić information content (AvgIpc) is 2.75. The fourth-order valence-electron chi connectivity index (χ4n) is 6.35. The van der Waals surface area contributed by atoms with Crippen LogP contribution in [0.5, 0.6) is 0 Å². The van der Waals surface area contributed by atoms with Crippen LogP contribution in [0.2, 0.25) is 0 Å². The summed E-state index contributed by atoms with van der Waals surface area (Å²) in [6.07, 6.45) is 11.2. The number of rotatable bonds is 0. The van der Waals surface area contributed by atoms with E-state index in [-0.39, 0.29) is 5.41 Å². The summed E-state index contributed by atoms with van der Waals surface area (Å²) in [5.41, 5.74) is 5.00. The van der Waals surface area contributed by atoms with E-state index < -0.39 is 0 Å². The van der Waals surface area contributed by atoms with E-state index in [4.69, 9.17) is 0 Å². The van der Waals surface area contributed by atoms with Crippen LogP contribution in [0.4, 0.5) is 0 Å². The number of hydrogen-bond acceptors (Lipinski definition) is 1. The van der Waals surface area contributed by atoms with E-state index in [1.807, 2.05) is 6.08 Å². The summed E-state index contributed by atoms with van der Waals surface area (Å²) in [7, 11) is 0. The Bertz CT molecular complexity index is 622. The number of ketones is 1. The van der Waals surface area contributed by atoms with Gasteiger partial charge in [-0.1, -0.05) is 37.6 Å². The van der Waals surface area contributed by atoms with Crippen LogP contribution in [0.25, 0.3) is 0 Å². The number of carbonyl (C=O) groups excluding carboxylic acids is 1. The second-order valence-corrected chi connectivity index (χ2v) is 8.93. The van der Waals surface area contributed by atoms with Gasteiger partial charge in [0.25, 0.3) is 0 Å². The highest BCUT2D eigenvalue weighted by Crippen LogP contribution is 2.65. The molecular formula is C21H28O. The third-order valence-corrected chi connectivity index (χ3v) is 7.55. The van der Waals surface area contributed by atoms with Crippen molar-refractivity contribution in [3.8, 4) is 0 Å². The summed E-state index contributed by atoms with van der Waals surface area (Å²) >= 11 is 0. The van der Waals surface area contributed by atoms with E-state index in [0.29, 0.717) is 17.1 Å². The van der Waals surface area contributed by atoms with Crippen molar-refractivity contribution in [2.75, 3.05) is 0 Å². The van der Waals surface area contributed by atoms with Gasteiger partial charge in [-0.2, -0.15) is 0 Å². The lowest BCUT2D eigenvalue weighted by molar-refractivity contribution is -0.116. The molecule has 1 heteroatoms. The fourth-order valence-corrected chi connectivity index (χ4v) is 6.35. The van der Waals surface area contributed by atoms with Crippen molar-refractivity contribution in [2.45, 2.75) is 59.3 Å². The minimum atomic E-state index is 0.226. The van der Waals surface area contributed by atoms with E-state index in [1.54, 1.807) is 0 Å². The topological polar surface area (TPSA) is 17.1 Å². The number of fused-ring (bicyclic) bond motifs is 5. The summed E-state index contributed by atoms with van der Waals surface area (Å²) in [5, 5.41) is 0. The number of hydrogen-bond donors (Lipinski definition) is 0. The second kappa shape index (κ2) is 4.46. The largest absolute Gasteiger partial charge is 0.295 e. The molecule has 0 N–H and O–H groups in total. The molecule has 0 spiro atoms. The molecule has 5 atom stereocenters. The molecule has 0 bridgehead atoms. The lowest BCUT2D eigenvalue weighted by Gasteiger charge is -2.56. The molecule has 4 aliphatic rings. The maximum atomic E-state index is 11.9. The first-order valence-corrected chi connectivity index (χ1v) is 8.93. The van der Waals surface area contributed by atoms with Crippen molar-refractivity contribution in [3.05, 3.63) is 35.5 Å². The minimum Gasteiger partial charge on any atom is -0.295 e. The lowest BCUT2D eigenvalue weighted by atomic mass is 9.48. The van der Waals surface area contributed by atoms with Gasteiger partial charge in [-0.05, 0) is 79.3 Å². The Kier molecular flexibility index (Phi) is 2.94. The summed E-state index contributed by atoms with van der Waals surface area (Å²) in [5.74, 6) is 2.52. The van der Waals surface area contributed by atoms with Gasteiger partial charge in [-0.25, -0.2) is 0 Å². The van der Waals surface area contributed by atoms with Crippen molar-refractivity contribution >= 4 is 5.78 Å². The highest BCUT2D eigenvalue weighted by molar-refractivity contribution is 5.92. The normalized spacial score (nSPS) is 47.3. The van der Waals surface area contributed by atoms with Crippen molar-refractivity contribution in [1.29, 1.82) is 0 Å². The molecule has 1 nitrogen and oxygen atoms in total. The zero-order chi connectivity index (χ0) is 15.7. The summed E-state index contributed by atoms with van der Waals surface area (Å²) in [4.78, 5) is 11.9. The van der Waals surface area contributed by atoms with Crippen molar-refractivity contribution in [3.63, 3.8) is 0 Å². The maximum Gasteiger partial charge on any atom is 0.156 e. The molecule has 2 saturated carbocycles. The molecule has 0 saturated heterocycles. The Balaban J connectivity index is 1.81. The van der Waals surface area contributed by atoms with Crippen molar-refractivity contribution in [1.82, 2.24) is 0 Å². The Morgan fingerprint density at radius 3 is 2.73 bits per heavy atom. The highest BCUT2D eigenvalue weighted by atomic mass is 16.1. The molecule has 3 unspecified atom stereocenters. The quantitative estimate of drug-likeness (QED) is 0.559. The smallest absolute Gasteiger partial charge is 0.156 e. The summed E-state index contributed by atoms with van der Waals surface area (Å²) in [6, 6.07) is 0.